The molecule has 1 amide bonds. The van der Waals surface area contributed by atoms with Crippen LogP contribution in [0.15, 0.2) is 66.7 Å². The van der Waals surface area contributed by atoms with Gasteiger partial charge in [0.05, 0.1) is 28.1 Å². The van der Waals surface area contributed by atoms with Crippen LogP contribution in [-0.2, 0) is 11.2 Å². The van der Waals surface area contributed by atoms with Gasteiger partial charge >= 0.3 is 0 Å². The molecule has 0 bridgehead atoms. The molecule has 2 aliphatic heterocycles. The third kappa shape index (κ3) is 4.26. The lowest BCUT2D eigenvalue weighted by Crippen LogP contribution is -2.60. The standard InChI is InChI=1S/C26H22FN5O3/c27-19-5-7-20(8-6-19)29-26(33)22-14-18-13-21(32(34)35)9-10-24(18)31-12-11-30(16-25(22)31)23-4-2-1-3-17(23)15-28/h1-10,13,22,25H,11-12,14,16H2,(H,29,33)/t22-,25+/m0/s1. The van der Waals surface area contributed by atoms with Crippen LogP contribution in [0.4, 0.5) is 27.1 Å². The van der Waals surface area contributed by atoms with Crippen LogP contribution in [0, 0.1) is 33.2 Å². The Morgan fingerprint density at radius 3 is 2.60 bits per heavy atom. The second-order valence-corrected chi connectivity index (χ2v) is 8.71. The number of fused-ring (bicyclic) bond motifs is 3. The monoisotopic (exact) mass is 471 g/mol. The van der Waals surface area contributed by atoms with Gasteiger partial charge in [0.2, 0.25) is 5.91 Å². The number of non-ortho nitro benzene ring substituents is 1. The van der Waals surface area contributed by atoms with E-state index >= 15 is 0 Å². The van der Waals surface area contributed by atoms with Crippen LogP contribution in [0.2, 0.25) is 0 Å². The minimum atomic E-state index is -0.508. The highest BCUT2D eigenvalue weighted by atomic mass is 19.1. The minimum Gasteiger partial charge on any atom is -0.367 e. The summed E-state index contributed by atoms with van der Waals surface area (Å²) in [5.41, 5.74) is 3.50. The lowest BCUT2D eigenvalue weighted by molar-refractivity contribution is -0.384. The lowest BCUT2D eigenvalue weighted by Gasteiger charge is -2.49. The Balaban J connectivity index is 1.50. The number of halogens is 1. The van der Waals surface area contributed by atoms with E-state index in [1.165, 1.54) is 30.3 Å². The van der Waals surface area contributed by atoms with Crippen LogP contribution in [0.3, 0.4) is 0 Å². The molecule has 0 aromatic heterocycles. The van der Waals surface area contributed by atoms with E-state index in [9.17, 15) is 24.6 Å². The number of rotatable bonds is 4. The molecule has 2 aliphatic rings. The SMILES string of the molecule is N#Cc1ccccc1N1CCN2c3ccc([N+](=O)[O-])cc3C[C@H](C(=O)Nc3ccc(F)cc3)[C@H]2C1. The topological polar surface area (TPSA) is 103 Å². The van der Waals surface area contributed by atoms with E-state index in [1.54, 1.807) is 18.2 Å². The summed E-state index contributed by atoms with van der Waals surface area (Å²) >= 11 is 0. The summed E-state index contributed by atoms with van der Waals surface area (Å²) in [7, 11) is 0. The molecule has 3 aromatic carbocycles. The molecule has 0 unspecified atom stereocenters. The van der Waals surface area contributed by atoms with E-state index < -0.39 is 16.7 Å². The fraction of sp³-hybridized carbons (Fsp3) is 0.231. The molecule has 2 atom stereocenters. The number of nitrogens with zero attached hydrogens (tertiary/aromatic N) is 4. The molecule has 8 nitrogen and oxygen atoms in total. The average Bonchev–Trinajstić information content (AvgIpc) is 2.88. The summed E-state index contributed by atoms with van der Waals surface area (Å²) in [6.45, 7) is 1.74. The Morgan fingerprint density at radius 1 is 1.09 bits per heavy atom. The molecule has 3 aromatic rings. The van der Waals surface area contributed by atoms with Gasteiger partial charge in [-0.15, -0.1) is 0 Å². The van der Waals surface area contributed by atoms with Gasteiger partial charge in [-0.3, -0.25) is 14.9 Å². The normalized spacial score (nSPS) is 18.7. The van der Waals surface area contributed by atoms with Crippen molar-refractivity contribution in [2.24, 2.45) is 5.92 Å². The molecule has 2 heterocycles. The number of nitro benzene ring substituents is 1. The van der Waals surface area contributed by atoms with Crippen LogP contribution >= 0.6 is 0 Å². The summed E-state index contributed by atoms with van der Waals surface area (Å²) in [5, 5.41) is 23.8. The van der Waals surface area contributed by atoms with E-state index in [0.717, 1.165) is 16.9 Å². The predicted molar refractivity (Wildman–Crippen MR) is 130 cm³/mol. The Bertz CT molecular complexity index is 1340. The number of nitro groups is 1. The molecule has 0 aliphatic carbocycles. The van der Waals surface area contributed by atoms with Gasteiger partial charge in [0.15, 0.2) is 0 Å². The number of hydrogen-bond acceptors (Lipinski definition) is 6. The number of benzene rings is 3. The van der Waals surface area contributed by atoms with Gasteiger partial charge in [0.25, 0.3) is 5.69 Å². The maximum absolute atomic E-state index is 13.5. The van der Waals surface area contributed by atoms with Crippen molar-refractivity contribution >= 4 is 28.7 Å². The Morgan fingerprint density at radius 2 is 1.86 bits per heavy atom. The summed E-state index contributed by atoms with van der Waals surface area (Å²) in [6, 6.07) is 19.8. The van der Waals surface area contributed by atoms with Crippen LogP contribution < -0.4 is 15.1 Å². The number of hydrogen-bond donors (Lipinski definition) is 1. The Labute approximate surface area is 201 Å². The van der Waals surface area contributed by atoms with Crippen molar-refractivity contribution in [3.8, 4) is 6.07 Å². The van der Waals surface area contributed by atoms with Gasteiger partial charge in [0, 0.05) is 43.1 Å². The van der Waals surface area contributed by atoms with Crippen LogP contribution in [0.5, 0.6) is 0 Å². The molecule has 1 saturated heterocycles. The zero-order valence-corrected chi connectivity index (χ0v) is 18.7. The van der Waals surface area contributed by atoms with Gasteiger partial charge in [-0.2, -0.15) is 5.26 Å². The van der Waals surface area contributed by atoms with Crippen LogP contribution in [-0.4, -0.2) is 36.5 Å². The number of anilines is 3. The number of carbonyl (C=O) groups excluding carboxylic acids is 1. The number of carbonyl (C=O) groups is 1. The van der Waals surface area contributed by atoms with Crippen molar-refractivity contribution in [1.82, 2.24) is 0 Å². The molecule has 0 spiro atoms. The highest BCUT2D eigenvalue weighted by molar-refractivity contribution is 5.94. The first-order valence-corrected chi connectivity index (χ1v) is 11.3. The Hall–Kier alpha value is -4.45. The first-order chi connectivity index (χ1) is 16.9. The quantitative estimate of drug-likeness (QED) is 0.454. The number of para-hydroxylation sites is 1. The van der Waals surface area contributed by atoms with Gasteiger partial charge in [-0.05, 0) is 54.4 Å². The smallest absolute Gasteiger partial charge is 0.269 e. The third-order valence-electron chi connectivity index (χ3n) is 6.72. The van der Waals surface area contributed by atoms with E-state index in [-0.39, 0.29) is 17.6 Å². The fourth-order valence-corrected chi connectivity index (χ4v) is 5.05. The largest absolute Gasteiger partial charge is 0.367 e. The lowest BCUT2D eigenvalue weighted by atomic mass is 9.83. The summed E-state index contributed by atoms with van der Waals surface area (Å²) < 4.78 is 13.3. The van der Waals surface area contributed by atoms with Gasteiger partial charge in [0.1, 0.15) is 11.9 Å². The number of amides is 1. The molecule has 0 radical (unpaired) electrons. The first kappa shape index (κ1) is 22.3. The Kier molecular flexibility index (Phi) is 5.79. The van der Waals surface area contributed by atoms with E-state index in [0.29, 0.717) is 37.3 Å². The summed E-state index contributed by atoms with van der Waals surface area (Å²) in [4.78, 5) is 28.7. The molecule has 9 heteroatoms. The van der Waals surface area contributed by atoms with Crippen molar-refractivity contribution in [2.45, 2.75) is 12.5 Å². The number of nitrogens with one attached hydrogen (secondary N) is 1. The van der Waals surface area contributed by atoms with Crippen molar-refractivity contribution < 1.29 is 14.1 Å². The second kappa shape index (κ2) is 9.06. The number of piperazine rings is 1. The maximum atomic E-state index is 13.5. The molecular weight excluding hydrogens is 449 g/mol. The van der Waals surface area contributed by atoms with Gasteiger partial charge in [-0.1, -0.05) is 12.1 Å². The molecule has 0 saturated carbocycles. The molecule has 35 heavy (non-hydrogen) atoms. The highest BCUT2D eigenvalue weighted by Gasteiger charge is 2.42. The van der Waals surface area contributed by atoms with Crippen molar-refractivity contribution in [3.05, 3.63) is 93.8 Å². The second-order valence-electron chi connectivity index (χ2n) is 8.71. The summed E-state index contributed by atoms with van der Waals surface area (Å²) in [5.74, 6) is -1.14. The van der Waals surface area contributed by atoms with Crippen molar-refractivity contribution in [3.63, 3.8) is 0 Å². The molecule has 176 valence electrons. The number of nitriles is 1. The van der Waals surface area contributed by atoms with Crippen molar-refractivity contribution in [1.29, 1.82) is 5.26 Å². The third-order valence-corrected chi connectivity index (χ3v) is 6.72. The van der Waals surface area contributed by atoms with Gasteiger partial charge < -0.3 is 15.1 Å². The van der Waals surface area contributed by atoms with E-state index in [1.807, 2.05) is 18.2 Å². The van der Waals surface area contributed by atoms with E-state index in [2.05, 4.69) is 21.2 Å². The van der Waals surface area contributed by atoms with Gasteiger partial charge in [-0.25, -0.2) is 4.39 Å². The van der Waals surface area contributed by atoms with E-state index in [4.69, 9.17) is 0 Å². The van der Waals surface area contributed by atoms with Crippen LogP contribution in [0.1, 0.15) is 11.1 Å². The molecule has 5 rings (SSSR count). The zero-order chi connectivity index (χ0) is 24.5. The van der Waals surface area contributed by atoms with Crippen molar-refractivity contribution in [2.75, 3.05) is 34.8 Å². The zero-order valence-electron chi connectivity index (χ0n) is 18.7. The summed E-state index contributed by atoms with van der Waals surface area (Å²) in [6.07, 6.45) is 0.332. The fourth-order valence-electron chi connectivity index (χ4n) is 5.05. The molecule has 1 fully saturated rings. The highest BCUT2D eigenvalue weighted by Crippen LogP contribution is 2.39. The first-order valence-electron chi connectivity index (χ1n) is 11.3. The minimum absolute atomic E-state index is 0.0125. The molecular formula is C26H22FN5O3. The van der Waals surface area contributed by atoms with Crippen LogP contribution in [0.25, 0.3) is 0 Å². The predicted octanol–water partition coefficient (Wildman–Crippen LogP) is 4.11. The maximum Gasteiger partial charge on any atom is 0.269 e. The molecule has 1 N–H and O–H groups in total. The average molecular weight is 471 g/mol.